The minimum atomic E-state index is -0.583. The highest BCUT2D eigenvalue weighted by molar-refractivity contribution is 8.00. The van der Waals surface area contributed by atoms with Crippen LogP contribution in [0.15, 0.2) is 53.4 Å². The number of halogens is 1. The van der Waals surface area contributed by atoms with E-state index in [1.807, 2.05) is 0 Å². The first-order chi connectivity index (χ1) is 9.59. The minimum absolute atomic E-state index is 0.00131. The van der Waals surface area contributed by atoms with Crippen LogP contribution in [-0.4, -0.2) is 16.5 Å². The molecule has 6 heteroatoms. The number of Topliss-reactive ketones (excluding diaryl/α,β-unsaturated/α-hetero) is 1. The Bertz CT molecular complexity index is 660. The topological polar surface area (TPSA) is 60.2 Å². The SMILES string of the molecule is O=C(CSc1ccccc1[N+](=O)[O-])c1ccccc1F. The second-order valence-electron chi connectivity index (χ2n) is 3.92. The van der Waals surface area contributed by atoms with Crippen LogP contribution in [0.1, 0.15) is 10.4 Å². The molecular formula is C14H10FNO3S. The number of ketones is 1. The largest absolute Gasteiger partial charge is 0.293 e. The average Bonchev–Trinajstić information content (AvgIpc) is 2.45. The highest BCUT2D eigenvalue weighted by atomic mass is 32.2. The molecule has 2 aromatic carbocycles. The summed E-state index contributed by atoms with van der Waals surface area (Å²) in [5.41, 5.74) is -0.0579. The molecule has 0 heterocycles. The van der Waals surface area contributed by atoms with E-state index >= 15 is 0 Å². The zero-order valence-corrected chi connectivity index (χ0v) is 11.1. The monoisotopic (exact) mass is 291 g/mol. The van der Waals surface area contributed by atoms with Crippen LogP contribution in [0.3, 0.4) is 0 Å². The second kappa shape index (κ2) is 6.29. The number of hydrogen-bond donors (Lipinski definition) is 0. The number of benzene rings is 2. The lowest BCUT2D eigenvalue weighted by Gasteiger charge is -2.03. The zero-order chi connectivity index (χ0) is 14.5. The number of thioether (sulfide) groups is 1. The molecule has 0 N–H and O–H groups in total. The molecule has 0 saturated heterocycles. The predicted octanol–water partition coefficient (Wildman–Crippen LogP) is 3.71. The maximum atomic E-state index is 13.4. The van der Waals surface area contributed by atoms with Crippen molar-refractivity contribution in [2.24, 2.45) is 0 Å². The summed E-state index contributed by atoms with van der Waals surface area (Å²) in [7, 11) is 0. The highest BCUT2D eigenvalue weighted by Gasteiger charge is 2.16. The molecule has 0 spiro atoms. The van der Waals surface area contributed by atoms with E-state index in [1.54, 1.807) is 24.3 Å². The van der Waals surface area contributed by atoms with Gasteiger partial charge in [0.25, 0.3) is 5.69 Å². The van der Waals surface area contributed by atoms with Crippen molar-refractivity contribution in [1.82, 2.24) is 0 Å². The van der Waals surface area contributed by atoms with Crippen molar-refractivity contribution < 1.29 is 14.1 Å². The van der Waals surface area contributed by atoms with Gasteiger partial charge in [-0.1, -0.05) is 24.3 Å². The van der Waals surface area contributed by atoms with Gasteiger partial charge >= 0.3 is 0 Å². The molecule has 0 aliphatic carbocycles. The Morgan fingerprint density at radius 2 is 1.80 bits per heavy atom. The molecule has 0 unspecified atom stereocenters. The average molecular weight is 291 g/mol. The molecule has 20 heavy (non-hydrogen) atoms. The summed E-state index contributed by atoms with van der Waals surface area (Å²) in [4.78, 5) is 22.6. The Morgan fingerprint density at radius 3 is 2.50 bits per heavy atom. The molecule has 2 aromatic rings. The van der Waals surface area contributed by atoms with Crippen molar-refractivity contribution in [3.05, 3.63) is 70.0 Å². The Hall–Kier alpha value is -2.21. The smallest absolute Gasteiger partial charge is 0.282 e. The molecule has 0 saturated carbocycles. The summed E-state index contributed by atoms with van der Waals surface area (Å²) in [5.74, 6) is -1.03. The van der Waals surface area contributed by atoms with Crippen molar-refractivity contribution in [3.63, 3.8) is 0 Å². The fourth-order valence-corrected chi connectivity index (χ4v) is 2.55. The minimum Gasteiger partial charge on any atom is -0.293 e. The summed E-state index contributed by atoms with van der Waals surface area (Å²) in [5, 5.41) is 10.8. The van der Waals surface area contributed by atoms with E-state index < -0.39 is 16.5 Å². The third-order valence-electron chi connectivity index (χ3n) is 2.59. The van der Waals surface area contributed by atoms with E-state index in [0.29, 0.717) is 4.90 Å². The summed E-state index contributed by atoms with van der Waals surface area (Å²) in [6.45, 7) is 0. The molecule has 4 nitrogen and oxygen atoms in total. The number of hydrogen-bond acceptors (Lipinski definition) is 4. The Kier molecular flexibility index (Phi) is 4.47. The van der Waals surface area contributed by atoms with Crippen LogP contribution in [0.25, 0.3) is 0 Å². The maximum Gasteiger partial charge on any atom is 0.282 e. The Balaban J connectivity index is 2.12. The third-order valence-corrected chi connectivity index (χ3v) is 3.66. The van der Waals surface area contributed by atoms with Gasteiger partial charge in [0.1, 0.15) is 5.82 Å². The molecule has 0 amide bonds. The van der Waals surface area contributed by atoms with Crippen LogP contribution in [0.2, 0.25) is 0 Å². The van der Waals surface area contributed by atoms with Gasteiger partial charge in [0, 0.05) is 6.07 Å². The standard InChI is InChI=1S/C14H10FNO3S/c15-11-6-2-1-5-10(11)13(17)9-20-14-8-4-3-7-12(14)16(18)19/h1-8H,9H2. The van der Waals surface area contributed by atoms with E-state index in [0.717, 1.165) is 11.8 Å². The molecule has 0 atom stereocenters. The first kappa shape index (κ1) is 14.2. The molecule has 0 radical (unpaired) electrons. The van der Waals surface area contributed by atoms with E-state index in [2.05, 4.69) is 0 Å². The van der Waals surface area contributed by atoms with Gasteiger partial charge in [-0.3, -0.25) is 14.9 Å². The molecule has 0 aliphatic rings. The van der Waals surface area contributed by atoms with E-state index in [4.69, 9.17) is 0 Å². The first-order valence-corrected chi connectivity index (χ1v) is 6.72. The van der Waals surface area contributed by atoms with Gasteiger partial charge in [-0.25, -0.2) is 4.39 Å². The number of para-hydroxylation sites is 1. The number of nitro groups is 1. The highest BCUT2D eigenvalue weighted by Crippen LogP contribution is 2.29. The van der Waals surface area contributed by atoms with Crippen LogP contribution >= 0.6 is 11.8 Å². The van der Waals surface area contributed by atoms with Crippen molar-refractivity contribution in [2.45, 2.75) is 4.90 Å². The van der Waals surface area contributed by atoms with Crippen molar-refractivity contribution in [1.29, 1.82) is 0 Å². The van der Waals surface area contributed by atoms with Gasteiger partial charge in [-0.2, -0.15) is 0 Å². The lowest BCUT2D eigenvalue weighted by molar-refractivity contribution is -0.387. The molecule has 0 aromatic heterocycles. The number of carbonyl (C=O) groups is 1. The first-order valence-electron chi connectivity index (χ1n) is 5.73. The van der Waals surface area contributed by atoms with E-state index in [-0.39, 0.29) is 17.0 Å². The van der Waals surface area contributed by atoms with E-state index in [1.165, 1.54) is 24.3 Å². The van der Waals surface area contributed by atoms with Gasteiger partial charge in [0.15, 0.2) is 5.78 Å². The van der Waals surface area contributed by atoms with E-state index in [9.17, 15) is 19.3 Å². The van der Waals surface area contributed by atoms with Crippen molar-refractivity contribution in [3.8, 4) is 0 Å². The van der Waals surface area contributed by atoms with Crippen LogP contribution in [0.5, 0.6) is 0 Å². The van der Waals surface area contributed by atoms with Gasteiger partial charge in [0.05, 0.1) is 21.1 Å². The summed E-state index contributed by atoms with van der Waals surface area (Å²) in [6, 6.07) is 11.8. The normalized spacial score (nSPS) is 10.2. The van der Waals surface area contributed by atoms with Crippen molar-refractivity contribution >= 4 is 23.2 Å². The number of rotatable bonds is 5. The van der Waals surface area contributed by atoms with Gasteiger partial charge in [0.2, 0.25) is 0 Å². The number of nitro benzene ring substituents is 1. The van der Waals surface area contributed by atoms with Crippen LogP contribution < -0.4 is 0 Å². The van der Waals surface area contributed by atoms with Gasteiger partial charge < -0.3 is 0 Å². The van der Waals surface area contributed by atoms with Crippen LogP contribution in [0.4, 0.5) is 10.1 Å². The summed E-state index contributed by atoms with van der Waals surface area (Å²) >= 11 is 1.03. The zero-order valence-electron chi connectivity index (χ0n) is 10.3. The molecular weight excluding hydrogens is 281 g/mol. The fraction of sp³-hybridized carbons (Fsp3) is 0.0714. The Labute approximate surface area is 118 Å². The lowest BCUT2D eigenvalue weighted by Crippen LogP contribution is -2.05. The molecule has 0 fully saturated rings. The Morgan fingerprint density at radius 1 is 1.15 bits per heavy atom. The molecule has 102 valence electrons. The molecule has 2 rings (SSSR count). The fourth-order valence-electron chi connectivity index (χ4n) is 1.64. The lowest BCUT2D eigenvalue weighted by atomic mass is 10.1. The predicted molar refractivity (Wildman–Crippen MR) is 74.6 cm³/mol. The quantitative estimate of drug-likeness (QED) is 0.364. The third kappa shape index (κ3) is 3.21. The number of nitrogens with zero attached hydrogens (tertiary/aromatic N) is 1. The van der Waals surface area contributed by atoms with Crippen LogP contribution in [-0.2, 0) is 0 Å². The molecule has 0 bridgehead atoms. The summed E-state index contributed by atoms with van der Waals surface area (Å²) in [6.07, 6.45) is 0. The number of carbonyl (C=O) groups excluding carboxylic acids is 1. The summed E-state index contributed by atoms with van der Waals surface area (Å²) < 4.78 is 13.4. The maximum absolute atomic E-state index is 13.4. The van der Waals surface area contributed by atoms with Gasteiger partial charge in [-0.05, 0) is 18.2 Å². The molecule has 0 aliphatic heterocycles. The van der Waals surface area contributed by atoms with Crippen molar-refractivity contribution in [2.75, 3.05) is 5.75 Å². The second-order valence-corrected chi connectivity index (χ2v) is 4.93. The van der Waals surface area contributed by atoms with Crippen LogP contribution in [0, 0.1) is 15.9 Å². The van der Waals surface area contributed by atoms with Gasteiger partial charge in [-0.15, -0.1) is 11.8 Å².